The molecule has 2 aromatic carbocycles. The molecule has 4 rings (SSSR count). The van der Waals surface area contributed by atoms with Crippen molar-refractivity contribution in [3.05, 3.63) is 71.9 Å². The molecule has 0 spiro atoms. The van der Waals surface area contributed by atoms with E-state index in [1.807, 2.05) is 48.7 Å². The summed E-state index contributed by atoms with van der Waals surface area (Å²) in [4.78, 5) is 15.9. The number of hydrogen-bond acceptors (Lipinski definition) is 2. The quantitative estimate of drug-likeness (QED) is 0.670. The first-order chi connectivity index (χ1) is 12.2. The van der Waals surface area contributed by atoms with Crippen molar-refractivity contribution in [3.8, 4) is 0 Å². The number of aromatic amines is 1. The van der Waals surface area contributed by atoms with Gasteiger partial charge in [0.15, 0.2) is 0 Å². The summed E-state index contributed by atoms with van der Waals surface area (Å²) in [5, 5.41) is 13.9. The van der Waals surface area contributed by atoms with Crippen molar-refractivity contribution in [1.82, 2.24) is 10.3 Å². The van der Waals surface area contributed by atoms with Crippen molar-refractivity contribution in [2.24, 2.45) is 5.92 Å². The fraction of sp³-hybridized carbons (Fsp3) is 0.286. The highest BCUT2D eigenvalue weighted by Gasteiger charge is 2.34. The molecule has 0 bridgehead atoms. The van der Waals surface area contributed by atoms with Crippen LogP contribution in [0.3, 0.4) is 0 Å². The number of H-pyrrole nitrogens is 1. The third kappa shape index (κ3) is 3.44. The molecule has 1 aliphatic carbocycles. The lowest BCUT2D eigenvalue weighted by Crippen LogP contribution is -2.48. The van der Waals surface area contributed by atoms with Crippen molar-refractivity contribution >= 4 is 16.8 Å². The predicted octanol–water partition coefficient (Wildman–Crippen LogP) is 3.28. The first-order valence-electron chi connectivity index (χ1n) is 8.79. The van der Waals surface area contributed by atoms with E-state index in [-0.39, 0.29) is 18.1 Å². The molecule has 3 aromatic rings. The minimum atomic E-state index is -0.226. The molecule has 1 heterocycles. The van der Waals surface area contributed by atoms with Gasteiger partial charge in [0, 0.05) is 28.7 Å². The Bertz CT molecular complexity index is 866. The number of aromatic nitrogens is 1. The maximum absolute atomic E-state index is 12.8. The van der Waals surface area contributed by atoms with E-state index in [0.29, 0.717) is 11.5 Å². The van der Waals surface area contributed by atoms with Crippen molar-refractivity contribution in [3.63, 3.8) is 0 Å². The highest BCUT2D eigenvalue weighted by atomic mass is 16.3. The van der Waals surface area contributed by atoms with Gasteiger partial charge in [0.05, 0.1) is 6.10 Å². The Balaban J connectivity index is 1.51. The van der Waals surface area contributed by atoms with Crippen molar-refractivity contribution in [1.29, 1.82) is 0 Å². The van der Waals surface area contributed by atoms with E-state index >= 15 is 0 Å². The molecule has 25 heavy (non-hydrogen) atoms. The average Bonchev–Trinajstić information content (AvgIpc) is 3.07. The first-order valence-corrected chi connectivity index (χ1v) is 8.79. The fourth-order valence-electron chi connectivity index (χ4n) is 3.61. The summed E-state index contributed by atoms with van der Waals surface area (Å²) >= 11 is 0. The maximum atomic E-state index is 12.8. The molecular weight excluding hydrogens is 312 g/mol. The molecule has 1 aliphatic rings. The van der Waals surface area contributed by atoms with Crippen molar-refractivity contribution < 1.29 is 9.90 Å². The summed E-state index contributed by atoms with van der Waals surface area (Å²) in [5.41, 5.74) is 2.90. The zero-order valence-corrected chi connectivity index (χ0v) is 14.0. The van der Waals surface area contributed by atoms with E-state index < -0.39 is 0 Å². The van der Waals surface area contributed by atoms with Crippen LogP contribution < -0.4 is 5.32 Å². The summed E-state index contributed by atoms with van der Waals surface area (Å²) in [6.45, 7) is 0. The van der Waals surface area contributed by atoms with Gasteiger partial charge < -0.3 is 15.4 Å². The largest absolute Gasteiger partial charge is 0.393 e. The van der Waals surface area contributed by atoms with Gasteiger partial charge in [-0.1, -0.05) is 30.3 Å². The van der Waals surface area contributed by atoms with Gasteiger partial charge in [-0.2, -0.15) is 0 Å². The normalized spacial score (nSPS) is 20.8. The molecule has 0 unspecified atom stereocenters. The molecule has 1 atom stereocenters. The molecule has 4 heteroatoms. The van der Waals surface area contributed by atoms with Crippen LogP contribution in [0.15, 0.2) is 60.8 Å². The Morgan fingerprint density at radius 1 is 1.16 bits per heavy atom. The lowest BCUT2D eigenvalue weighted by atomic mass is 9.75. The van der Waals surface area contributed by atoms with Crippen LogP contribution in [0.4, 0.5) is 0 Å². The minimum absolute atomic E-state index is 0.0419. The van der Waals surface area contributed by atoms with Crippen LogP contribution in [0.2, 0.25) is 0 Å². The van der Waals surface area contributed by atoms with Crippen molar-refractivity contribution in [2.75, 3.05) is 0 Å². The Kier molecular flexibility index (Phi) is 4.28. The standard InChI is InChI=1S/C21H22N2O2/c24-18-12-17(13-18)20(10-14-4-2-1-3-5-14)23-21(25)16-6-7-19-15(11-16)8-9-22-19/h1-9,11,17-18,20,22,24H,10,12-13H2,(H,23,25)/t17?,18?,20-/m0/s1. The molecule has 0 saturated heterocycles. The van der Waals surface area contributed by atoms with Gasteiger partial charge in [-0.25, -0.2) is 0 Å². The molecule has 1 amide bonds. The number of amides is 1. The lowest BCUT2D eigenvalue weighted by molar-refractivity contribution is 0.0239. The SMILES string of the molecule is O=C(N[C@@H](Cc1ccccc1)C1CC(O)C1)c1ccc2[nH]ccc2c1. The Morgan fingerprint density at radius 2 is 1.96 bits per heavy atom. The molecule has 0 radical (unpaired) electrons. The fourth-order valence-corrected chi connectivity index (χ4v) is 3.61. The number of nitrogens with one attached hydrogen (secondary N) is 2. The number of benzene rings is 2. The highest BCUT2D eigenvalue weighted by molar-refractivity contribution is 5.98. The second-order valence-corrected chi connectivity index (χ2v) is 6.93. The first kappa shape index (κ1) is 15.9. The zero-order chi connectivity index (χ0) is 17.2. The predicted molar refractivity (Wildman–Crippen MR) is 98.4 cm³/mol. The van der Waals surface area contributed by atoms with Gasteiger partial charge in [0.1, 0.15) is 0 Å². The number of hydrogen-bond donors (Lipinski definition) is 3. The van der Waals surface area contributed by atoms with Crippen LogP contribution in [0, 0.1) is 5.92 Å². The summed E-state index contributed by atoms with van der Waals surface area (Å²) in [6.07, 6.45) is 3.95. The number of aliphatic hydroxyl groups is 1. The molecule has 1 aromatic heterocycles. The van der Waals surface area contributed by atoms with Crippen LogP contribution in [0.25, 0.3) is 10.9 Å². The Labute approximate surface area is 146 Å². The van der Waals surface area contributed by atoms with E-state index in [2.05, 4.69) is 22.4 Å². The van der Waals surface area contributed by atoms with E-state index in [9.17, 15) is 9.90 Å². The summed E-state index contributed by atoms with van der Waals surface area (Å²) < 4.78 is 0. The van der Waals surface area contributed by atoms with Crippen LogP contribution in [-0.4, -0.2) is 28.1 Å². The van der Waals surface area contributed by atoms with Gasteiger partial charge in [-0.15, -0.1) is 0 Å². The number of carbonyl (C=O) groups excluding carboxylic acids is 1. The minimum Gasteiger partial charge on any atom is -0.393 e. The maximum Gasteiger partial charge on any atom is 0.251 e. The number of rotatable bonds is 5. The average molecular weight is 334 g/mol. The Hall–Kier alpha value is -2.59. The second-order valence-electron chi connectivity index (χ2n) is 6.93. The number of carbonyl (C=O) groups is 1. The Morgan fingerprint density at radius 3 is 2.72 bits per heavy atom. The summed E-state index contributed by atoms with van der Waals surface area (Å²) in [6, 6.07) is 17.9. The highest BCUT2D eigenvalue weighted by Crippen LogP contribution is 2.32. The number of fused-ring (bicyclic) bond motifs is 1. The molecule has 1 fully saturated rings. The molecule has 1 saturated carbocycles. The smallest absolute Gasteiger partial charge is 0.251 e. The van der Waals surface area contributed by atoms with Gasteiger partial charge in [0.2, 0.25) is 0 Å². The monoisotopic (exact) mass is 334 g/mol. The van der Waals surface area contributed by atoms with Crippen LogP contribution >= 0.6 is 0 Å². The number of aliphatic hydroxyl groups excluding tert-OH is 1. The van der Waals surface area contributed by atoms with E-state index in [1.54, 1.807) is 0 Å². The third-order valence-electron chi connectivity index (χ3n) is 5.15. The second kappa shape index (κ2) is 6.73. The van der Waals surface area contributed by atoms with Crippen LogP contribution in [0.1, 0.15) is 28.8 Å². The van der Waals surface area contributed by atoms with E-state index in [4.69, 9.17) is 0 Å². The van der Waals surface area contributed by atoms with Gasteiger partial charge >= 0.3 is 0 Å². The van der Waals surface area contributed by atoms with E-state index in [0.717, 1.165) is 30.2 Å². The van der Waals surface area contributed by atoms with Crippen LogP contribution in [0.5, 0.6) is 0 Å². The summed E-state index contributed by atoms with van der Waals surface area (Å²) in [5.74, 6) is 0.278. The van der Waals surface area contributed by atoms with Gasteiger partial charge in [-0.3, -0.25) is 4.79 Å². The van der Waals surface area contributed by atoms with Gasteiger partial charge in [0.25, 0.3) is 5.91 Å². The third-order valence-corrected chi connectivity index (χ3v) is 5.15. The molecular formula is C21H22N2O2. The van der Waals surface area contributed by atoms with Crippen LogP contribution in [-0.2, 0) is 6.42 Å². The summed E-state index contributed by atoms with van der Waals surface area (Å²) in [7, 11) is 0. The molecule has 128 valence electrons. The topological polar surface area (TPSA) is 65.1 Å². The van der Waals surface area contributed by atoms with Crippen molar-refractivity contribution in [2.45, 2.75) is 31.4 Å². The van der Waals surface area contributed by atoms with E-state index in [1.165, 1.54) is 5.56 Å². The molecule has 4 nitrogen and oxygen atoms in total. The molecule has 3 N–H and O–H groups in total. The van der Waals surface area contributed by atoms with Gasteiger partial charge in [-0.05, 0) is 55.0 Å². The molecule has 0 aliphatic heterocycles. The lowest BCUT2D eigenvalue weighted by Gasteiger charge is -2.38. The zero-order valence-electron chi connectivity index (χ0n) is 14.0.